The molecule has 6 heteroatoms. The highest BCUT2D eigenvalue weighted by Crippen LogP contribution is 2.47. The largest absolute Gasteiger partial charge is 0.465 e. The summed E-state index contributed by atoms with van der Waals surface area (Å²) in [6, 6.07) is 16.5. The monoisotopic (exact) mass is 384 g/mol. The van der Waals surface area contributed by atoms with Gasteiger partial charge in [-0.2, -0.15) is 0 Å². The Morgan fingerprint density at radius 2 is 1.41 bits per heavy atom. The Bertz CT molecular complexity index is 983. The maximum absolute atomic E-state index is 13.9. The minimum Gasteiger partial charge on any atom is -0.465 e. The summed E-state index contributed by atoms with van der Waals surface area (Å²) in [5.74, 6) is -1.09. The maximum atomic E-state index is 13.9. The third-order valence-corrected chi connectivity index (χ3v) is 6.83. The van der Waals surface area contributed by atoms with Gasteiger partial charge in [-0.05, 0) is 48.5 Å². The zero-order valence-corrected chi connectivity index (χ0v) is 15.5. The topological polar surface area (TPSA) is 29.5 Å². The molecule has 0 saturated heterocycles. The summed E-state index contributed by atoms with van der Waals surface area (Å²) >= 11 is 0. The molecule has 0 unspecified atom stereocenters. The van der Waals surface area contributed by atoms with Gasteiger partial charge >= 0.3 is 5.97 Å². The molecule has 1 aliphatic heterocycles. The Hall–Kier alpha value is -2.86. The van der Waals surface area contributed by atoms with Crippen LogP contribution < -0.4 is 4.90 Å². The van der Waals surface area contributed by atoms with Crippen LogP contribution in [0.1, 0.15) is 10.4 Å². The van der Waals surface area contributed by atoms with E-state index in [1.165, 1.54) is 31.4 Å². The van der Waals surface area contributed by atoms with Crippen molar-refractivity contribution in [2.75, 3.05) is 19.1 Å². The SMILES string of the molecule is COC(=O)c1ccc([S+]2c3ccc(F)cc3N(C)c3cc(F)ccc32)cc1. The number of carbonyl (C=O) groups excluding carboxylic acids is 1. The lowest BCUT2D eigenvalue weighted by Crippen LogP contribution is -2.23. The first-order chi connectivity index (χ1) is 13.0. The van der Waals surface area contributed by atoms with Crippen molar-refractivity contribution in [1.29, 1.82) is 0 Å². The summed E-state index contributed by atoms with van der Waals surface area (Å²) in [6.07, 6.45) is 0. The van der Waals surface area contributed by atoms with Gasteiger partial charge in [-0.1, -0.05) is 0 Å². The smallest absolute Gasteiger partial charge is 0.337 e. The fourth-order valence-corrected chi connectivity index (χ4v) is 5.57. The molecule has 0 bridgehead atoms. The molecule has 0 spiro atoms. The fraction of sp³-hybridized carbons (Fsp3) is 0.0952. The normalized spacial score (nSPS) is 13.1. The van der Waals surface area contributed by atoms with Crippen molar-refractivity contribution in [2.24, 2.45) is 0 Å². The summed E-state index contributed by atoms with van der Waals surface area (Å²) < 4.78 is 32.5. The Kier molecular flexibility index (Phi) is 4.36. The van der Waals surface area contributed by atoms with Crippen LogP contribution in [0, 0.1) is 11.6 Å². The van der Waals surface area contributed by atoms with E-state index in [2.05, 4.69) is 0 Å². The van der Waals surface area contributed by atoms with E-state index in [0.717, 1.165) is 14.7 Å². The molecule has 0 saturated carbocycles. The van der Waals surface area contributed by atoms with Gasteiger partial charge in [0.25, 0.3) is 0 Å². The van der Waals surface area contributed by atoms with Crippen molar-refractivity contribution in [2.45, 2.75) is 14.7 Å². The number of hydrogen-bond acceptors (Lipinski definition) is 3. The zero-order chi connectivity index (χ0) is 19.1. The van der Waals surface area contributed by atoms with Gasteiger partial charge < -0.3 is 9.64 Å². The van der Waals surface area contributed by atoms with Gasteiger partial charge in [0.15, 0.2) is 14.7 Å². The second-order valence-electron chi connectivity index (χ2n) is 6.11. The van der Waals surface area contributed by atoms with Gasteiger partial charge in [0.1, 0.15) is 33.9 Å². The van der Waals surface area contributed by atoms with Crippen LogP contribution in [0.15, 0.2) is 75.4 Å². The van der Waals surface area contributed by atoms with Gasteiger partial charge in [-0.15, -0.1) is 0 Å². The molecule has 1 aliphatic rings. The van der Waals surface area contributed by atoms with E-state index in [9.17, 15) is 13.6 Å². The highest BCUT2D eigenvalue weighted by atomic mass is 32.2. The standard InChI is InChI=1S/C21H16F2NO2S/c1-24-17-11-14(22)5-9-19(17)27(20-10-6-15(23)12-18(20)24)16-7-3-13(4-8-16)21(25)26-2/h3-12H,1-2H3/q+1. The first-order valence-corrected chi connectivity index (χ1v) is 9.47. The number of benzene rings is 3. The van der Waals surface area contributed by atoms with Crippen LogP contribution in [0.3, 0.4) is 0 Å². The lowest BCUT2D eigenvalue weighted by Gasteiger charge is -2.28. The Labute approximate surface area is 158 Å². The molecule has 3 nitrogen and oxygen atoms in total. The molecule has 0 atom stereocenters. The molecule has 3 aromatic rings. The van der Waals surface area contributed by atoms with E-state index in [1.807, 2.05) is 17.0 Å². The molecule has 0 fully saturated rings. The van der Waals surface area contributed by atoms with Crippen molar-refractivity contribution in [3.05, 3.63) is 77.9 Å². The van der Waals surface area contributed by atoms with Crippen molar-refractivity contribution in [3.8, 4) is 0 Å². The molecule has 0 radical (unpaired) electrons. The highest BCUT2D eigenvalue weighted by molar-refractivity contribution is 7.97. The quantitative estimate of drug-likeness (QED) is 0.464. The summed E-state index contributed by atoms with van der Waals surface area (Å²) in [4.78, 5) is 16.4. The van der Waals surface area contributed by atoms with Gasteiger partial charge in [-0.3, -0.25) is 0 Å². The first kappa shape index (κ1) is 17.5. The molecular weight excluding hydrogens is 368 g/mol. The number of ether oxygens (including phenoxy) is 1. The number of carbonyl (C=O) groups is 1. The Morgan fingerprint density at radius 1 is 0.889 bits per heavy atom. The minimum atomic E-state index is -0.546. The second-order valence-corrected chi connectivity index (χ2v) is 8.07. The van der Waals surface area contributed by atoms with E-state index in [4.69, 9.17) is 4.74 Å². The average molecular weight is 384 g/mol. The van der Waals surface area contributed by atoms with E-state index in [0.29, 0.717) is 16.9 Å². The van der Waals surface area contributed by atoms with Crippen LogP contribution in [-0.2, 0) is 15.6 Å². The number of hydrogen-bond donors (Lipinski definition) is 0. The maximum Gasteiger partial charge on any atom is 0.337 e. The molecule has 3 aromatic carbocycles. The van der Waals surface area contributed by atoms with E-state index < -0.39 is 16.9 Å². The van der Waals surface area contributed by atoms with Crippen molar-refractivity contribution in [1.82, 2.24) is 0 Å². The number of anilines is 2. The highest BCUT2D eigenvalue weighted by Gasteiger charge is 2.40. The lowest BCUT2D eigenvalue weighted by molar-refractivity contribution is 0.0600. The van der Waals surface area contributed by atoms with Crippen LogP contribution in [0.2, 0.25) is 0 Å². The van der Waals surface area contributed by atoms with Crippen LogP contribution in [0.25, 0.3) is 0 Å². The minimum absolute atomic E-state index is 0.343. The number of halogens is 2. The molecule has 27 heavy (non-hydrogen) atoms. The lowest BCUT2D eigenvalue weighted by atomic mass is 10.2. The van der Waals surface area contributed by atoms with E-state index >= 15 is 0 Å². The van der Waals surface area contributed by atoms with E-state index in [1.54, 1.807) is 31.3 Å². The van der Waals surface area contributed by atoms with Gasteiger partial charge in [0.2, 0.25) is 0 Å². The van der Waals surface area contributed by atoms with Crippen LogP contribution >= 0.6 is 0 Å². The summed E-state index contributed by atoms with van der Waals surface area (Å²) in [6.45, 7) is 0. The van der Waals surface area contributed by atoms with E-state index in [-0.39, 0.29) is 11.6 Å². The predicted molar refractivity (Wildman–Crippen MR) is 101 cm³/mol. The molecule has 136 valence electrons. The zero-order valence-electron chi connectivity index (χ0n) is 14.7. The number of nitrogens with zero attached hydrogens (tertiary/aromatic N) is 1. The molecular formula is C21H16F2NO2S+. The average Bonchev–Trinajstić information content (AvgIpc) is 2.69. The number of rotatable bonds is 2. The van der Waals surface area contributed by atoms with Crippen molar-refractivity contribution in [3.63, 3.8) is 0 Å². The fourth-order valence-electron chi connectivity index (χ4n) is 3.20. The van der Waals surface area contributed by atoms with Crippen LogP contribution in [0.4, 0.5) is 20.2 Å². The molecule has 0 aliphatic carbocycles. The molecule has 0 N–H and O–H groups in total. The van der Waals surface area contributed by atoms with Gasteiger partial charge in [0.05, 0.1) is 12.7 Å². The predicted octanol–water partition coefficient (Wildman–Crippen LogP) is 4.93. The van der Waals surface area contributed by atoms with Gasteiger partial charge in [0, 0.05) is 19.2 Å². The third-order valence-electron chi connectivity index (χ3n) is 4.52. The number of esters is 1. The molecule has 4 rings (SSSR count). The Morgan fingerprint density at radius 3 is 1.89 bits per heavy atom. The molecule has 1 heterocycles. The van der Waals surface area contributed by atoms with Crippen molar-refractivity contribution < 1.29 is 18.3 Å². The molecule has 0 amide bonds. The Balaban J connectivity index is 1.90. The number of methoxy groups -OCH3 is 1. The first-order valence-electron chi connectivity index (χ1n) is 8.25. The number of fused-ring (bicyclic) bond motifs is 2. The summed E-state index contributed by atoms with van der Waals surface area (Å²) in [5.41, 5.74) is 1.86. The molecule has 0 aromatic heterocycles. The second kappa shape index (κ2) is 6.70. The van der Waals surface area contributed by atoms with Crippen LogP contribution in [0.5, 0.6) is 0 Å². The summed E-state index contributed by atoms with van der Waals surface area (Å²) in [5, 5.41) is 0. The summed E-state index contributed by atoms with van der Waals surface area (Å²) in [7, 11) is 2.60. The van der Waals surface area contributed by atoms with Crippen molar-refractivity contribution >= 4 is 28.2 Å². The van der Waals surface area contributed by atoms with Crippen LogP contribution in [-0.4, -0.2) is 20.1 Å². The third kappa shape index (κ3) is 2.96. The van der Waals surface area contributed by atoms with Gasteiger partial charge in [-0.25, -0.2) is 13.6 Å².